The van der Waals surface area contributed by atoms with E-state index in [9.17, 15) is 13.2 Å². The lowest BCUT2D eigenvalue weighted by atomic mass is 9.72. The summed E-state index contributed by atoms with van der Waals surface area (Å²) >= 11 is 0. The van der Waals surface area contributed by atoms with Crippen LogP contribution < -0.4 is 14.9 Å². The molecule has 0 spiro atoms. The van der Waals surface area contributed by atoms with Crippen LogP contribution in [0.25, 0.3) is 0 Å². The number of urea groups is 1. The van der Waals surface area contributed by atoms with Crippen LogP contribution in [0.2, 0.25) is 0 Å². The number of hydrogen-bond acceptors (Lipinski definition) is 3. The lowest BCUT2D eigenvalue weighted by Crippen LogP contribution is -2.52. The Morgan fingerprint density at radius 1 is 0.963 bits per heavy atom. The maximum Gasteiger partial charge on any atom is 0.319 e. The Balaban J connectivity index is 1.43. The zero-order valence-electron chi connectivity index (χ0n) is 15.0. The van der Waals surface area contributed by atoms with E-state index in [0.717, 1.165) is 24.8 Å². The molecule has 142 valence electrons. The summed E-state index contributed by atoms with van der Waals surface area (Å²) in [6, 6.07) is 16.7. The molecule has 1 aliphatic heterocycles. The number of sulfonamides is 1. The van der Waals surface area contributed by atoms with E-state index in [1.807, 2.05) is 30.3 Å². The third-order valence-corrected chi connectivity index (χ3v) is 7.27. The maximum absolute atomic E-state index is 12.5. The molecular weight excluding hydrogens is 362 g/mol. The molecule has 7 heteroatoms. The van der Waals surface area contributed by atoms with Crippen LogP contribution in [-0.2, 0) is 15.6 Å². The Labute approximate surface area is 159 Å². The first-order valence-electron chi connectivity index (χ1n) is 9.24. The number of carbonyl (C=O) groups excluding carboxylic acids is 1. The highest BCUT2D eigenvalue weighted by Crippen LogP contribution is 2.41. The molecule has 0 radical (unpaired) electrons. The van der Waals surface area contributed by atoms with Crippen molar-refractivity contribution in [1.82, 2.24) is 5.32 Å². The number of rotatable bonds is 4. The molecule has 1 aliphatic carbocycles. The first-order valence-corrected chi connectivity index (χ1v) is 10.8. The first-order chi connectivity index (χ1) is 13.0. The van der Waals surface area contributed by atoms with Gasteiger partial charge in [0.15, 0.2) is 0 Å². The number of hydrogen-bond donors (Lipinski definition) is 2. The standard InChI is InChI=1S/C20H23N3O3S/c24-19(22-20(12-4-13-20)16-6-2-1-3-7-16)21-17-8-10-18(11-9-17)23-14-5-15-27(23,25)26/h1-3,6-11H,4-5,12-15H2,(H2,21,22,24). The zero-order valence-corrected chi connectivity index (χ0v) is 15.8. The summed E-state index contributed by atoms with van der Waals surface area (Å²) in [7, 11) is -3.19. The van der Waals surface area contributed by atoms with Crippen molar-refractivity contribution in [2.45, 2.75) is 31.2 Å². The monoisotopic (exact) mass is 385 g/mol. The van der Waals surface area contributed by atoms with E-state index in [1.54, 1.807) is 24.3 Å². The fourth-order valence-electron chi connectivity index (χ4n) is 3.79. The summed E-state index contributed by atoms with van der Waals surface area (Å²) in [4.78, 5) is 12.5. The van der Waals surface area contributed by atoms with Crippen LogP contribution in [0.5, 0.6) is 0 Å². The molecule has 2 aliphatic rings. The minimum atomic E-state index is -3.19. The molecule has 2 fully saturated rings. The van der Waals surface area contributed by atoms with Crippen LogP contribution >= 0.6 is 0 Å². The van der Waals surface area contributed by atoms with Gasteiger partial charge in [-0.2, -0.15) is 0 Å². The maximum atomic E-state index is 12.5. The van der Waals surface area contributed by atoms with Crippen LogP contribution in [0.3, 0.4) is 0 Å². The van der Waals surface area contributed by atoms with Gasteiger partial charge in [0, 0.05) is 12.2 Å². The van der Waals surface area contributed by atoms with Crippen molar-refractivity contribution in [3.63, 3.8) is 0 Å². The van der Waals surface area contributed by atoms with Gasteiger partial charge in [0.1, 0.15) is 0 Å². The Morgan fingerprint density at radius 3 is 2.22 bits per heavy atom. The molecular formula is C20H23N3O3S. The van der Waals surface area contributed by atoms with Gasteiger partial charge in [-0.15, -0.1) is 0 Å². The van der Waals surface area contributed by atoms with Crippen LogP contribution in [0.4, 0.5) is 16.2 Å². The number of nitrogens with one attached hydrogen (secondary N) is 2. The van der Waals surface area contributed by atoms with Gasteiger partial charge in [-0.1, -0.05) is 30.3 Å². The third kappa shape index (κ3) is 3.51. The van der Waals surface area contributed by atoms with Gasteiger partial charge in [0.05, 0.1) is 17.0 Å². The summed E-state index contributed by atoms with van der Waals surface area (Å²) in [6.07, 6.45) is 3.59. The van der Waals surface area contributed by atoms with E-state index in [0.29, 0.717) is 24.3 Å². The largest absolute Gasteiger partial charge is 0.328 e. The highest BCUT2D eigenvalue weighted by molar-refractivity contribution is 7.93. The van der Waals surface area contributed by atoms with Crippen LogP contribution in [0, 0.1) is 0 Å². The Hall–Kier alpha value is -2.54. The normalized spacial score (nSPS) is 19.9. The number of carbonyl (C=O) groups is 1. The fourth-order valence-corrected chi connectivity index (χ4v) is 5.36. The predicted octanol–water partition coefficient (Wildman–Crippen LogP) is 3.43. The van der Waals surface area contributed by atoms with Crippen molar-refractivity contribution < 1.29 is 13.2 Å². The zero-order chi connectivity index (χ0) is 18.9. The smallest absolute Gasteiger partial charge is 0.319 e. The Morgan fingerprint density at radius 2 is 1.67 bits per heavy atom. The fraction of sp³-hybridized carbons (Fsp3) is 0.350. The van der Waals surface area contributed by atoms with Gasteiger partial charge < -0.3 is 10.6 Å². The molecule has 0 bridgehead atoms. The number of amides is 2. The number of anilines is 2. The minimum Gasteiger partial charge on any atom is -0.328 e. The average Bonchev–Trinajstić information content (AvgIpc) is 2.99. The van der Waals surface area contributed by atoms with E-state index in [2.05, 4.69) is 10.6 Å². The van der Waals surface area contributed by atoms with Crippen molar-refractivity contribution in [2.75, 3.05) is 21.9 Å². The van der Waals surface area contributed by atoms with Crippen molar-refractivity contribution in [3.05, 3.63) is 60.2 Å². The summed E-state index contributed by atoms with van der Waals surface area (Å²) in [5, 5.41) is 5.98. The van der Waals surface area contributed by atoms with E-state index in [1.165, 1.54) is 4.31 Å². The molecule has 1 heterocycles. The molecule has 2 aromatic rings. The van der Waals surface area contributed by atoms with Crippen LogP contribution in [0.1, 0.15) is 31.2 Å². The van der Waals surface area contributed by atoms with Gasteiger partial charge in [0.2, 0.25) is 10.0 Å². The Bertz CT molecular complexity index is 923. The predicted molar refractivity (Wildman–Crippen MR) is 106 cm³/mol. The molecule has 0 atom stereocenters. The molecule has 1 saturated heterocycles. The van der Waals surface area contributed by atoms with Gasteiger partial charge in [-0.05, 0) is 55.5 Å². The molecule has 27 heavy (non-hydrogen) atoms. The quantitative estimate of drug-likeness (QED) is 0.846. The molecule has 6 nitrogen and oxygen atoms in total. The van der Waals surface area contributed by atoms with E-state index in [4.69, 9.17) is 0 Å². The lowest BCUT2D eigenvalue weighted by Gasteiger charge is -2.43. The van der Waals surface area contributed by atoms with Crippen LogP contribution in [0.15, 0.2) is 54.6 Å². The average molecular weight is 385 g/mol. The van der Waals surface area contributed by atoms with E-state index < -0.39 is 10.0 Å². The van der Waals surface area contributed by atoms with Gasteiger partial charge in [-0.3, -0.25) is 4.31 Å². The highest BCUT2D eigenvalue weighted by Gasteiger charge is 2.40. The second kappa shape index (κ2) is 6.88. The van der Waals surface area contributed by atoms with E-state index >= 15 is 0 Å². The van der Waals surface area contributed by atoms with Gasteiger partial charge >= 0.3 is 6.03 Å². The highest BCUT2D eigenvalue weighted by atomic mass is 32.2. The second-order valence-electron chi connectivity index (χ2n) is 7.17. The summed E-state index contributed by atoms with van der Waals surface area (Å²) in [5.41, 5.74) is 2.10. The third-order valence-electron chi connectivity index (χ3n) is 5.40. The van der Waals surface area contributed by atoms with Crippen molar-refractivity contribution >= 4 is 27.4 Å². The van der Waals surface area contributed by atoms with Gasteiger partial charge in [-0.25, -0.2) is 13.2 Å². The van der Waals surface area contributed by atoms with Gasteiger partial charge in [0.25, 0.3) is 0 Å². The molecule has 4 rings (SSSR count). The van der Waals surface area contributed by atoms with Crippen LogP contribution in [-0.4, -0.2) is 26.7 Å². The molecule has 2 N–H and O–H groups in total. The lowest BCUT2D eigenvalue weighted by molar-refractivity contribution is 0.185. The summed E-state index contributed by atoms with van der Waals surface area (Å²) in [5.74, 6) is 0.191. The SMILES string of the molecule is O=C(Nc1ccc(N2CCCS2(=O)=O)cc1)NC1(c2ccccc2)CCC1. The van der Waals surface area contributed by atoms with Crippen molar-refractivity contribution in [3.8, 4) is 0 Å². The number of benzene rings is 2. The Kier molecular flexibility index (Phi) is 4.55. The molecule has 0 aromatic heterocycles. The topological polar surface area (TPSA) is 78.5 Å². The number of nitrogens with zero attached hydrogens (tertiary/aromatic N) is 1. The second-order valence-corrected chi connectivity index (χ2v) is 9.18. The van der Waals surface area contributed by atoms with Crippen molar-refractivity contribution in [1.29, 1.82) is 0 Å². The van der Waals surface area contributed by atoms with Crippen molar-refractivity contribution in [2.24, 2.45) is 0 Å². The van der Waals surface area contributed by atoms with E-state index in [-0.39, 0.29) is 17.3 Å². The first kappa shape index (κ1) is 17.9. The summed E-state index contributed by atoms with van der Waals surface area (Å²) < 4.78 is 25.4. The molecule has 0 unspecified atom stereocenters. The molecule has 1 saturated carbocycles. The molecule has 2 aromatic carbocycles. The minimum absolute atomic E-state index is 0.191. The summed E-state index contributed by atoms with van der Waals surface area (Å²) in [6.45, 7) is 0.509. The molecule has 2 amide bonds.